The molecule has 0 unspecified atom stereocenters. The van der Waals surface area contributed by atoms with Crippen molar-refractivity contribution in [3.8, 4) is 0 Å². The van der Waals surface area contributed by atoms with Gasteiger partial charge in [0.15, 0.2) is 0 Å². The molecule has 0 aliphatic carbocycles. The van der Waals surface area contributed by atoms with Crippen molar-refractivity contribution >= 4 is 21.6 Å². The predicted molar refractivity (Wildman–Crippen MR) is 69.7 cm³/mol. The van der Waals surface area contributed by atoms with Crippen molar-refractivity contribution in [1.29, 1.82) is 0 Å². The van der Waals surface area contributed by atoms with Crippen LogP contribution in [0.3, 0.4) is 0 Å². The molecule has 0 saturated carbocycles. The van der Waals surface area contributed by atoms with E-state index >= 15 is 0 Å². The first-order valence-corrected chi connectivity index (χ1v) is 7.20. The Morgan fingerprint density at radius 1 is 1.26 bits per heavy atom. The molecule has 1 N–H and O–H groups in total. The minimum absolute atomic E-state index is 0.0537. The van der Waals surface area contributed by atoms with Gasteiger partial charge in [-0.2, -0.15) is 0 Å². The standard InChI is InChI=1S/C12H10ClFN2O2S/c13-11-7-10(4-5-12(11)14)19(17,18)16-8-9-3-1-2-6-15-9/h1-7,16H,8H2. The van der Waals surface area contributed by atoms with Crippen molar-refractivity contribution in [3.63, 3.8) is 0 Å². The van der Waals surface area contributed by atoms with Gasteiger partial charge >= 0.3 is 0 Å². The summed E-state index contributed by atoms with van der Waals surface area (Å²) in [5.74, 6) is -0.662. The van der Waals surface area contributed by atoms with Crippen LogP contribution in [0.15, 0.2) is 47.5 Å². The van der Waals surface area contributed by atoms with E-state index in [2.05, 4.69) is 9.71 Å². The van der Waals surface area contributed by atoms with Gasteiger partial charge in [0.05, 0.1) is 22.2 Å². The number of hydrogen-bond donors (Lipinski definition) is 1. The maximum Gasteiger partial charge on any atom is 0.240 e. The number of rotatable bonds is 4. The molecule has 0 aliphatic heterocycles. The van der Waals surface area contributed by atoms with Gasteiger partial charge in [0.1, 0.15) is 5.82 Å². The molecular formula is C12H10ClFN2O2S. The largest absolute Gasteiger partial charge is 0.260 e. The van der Waals surface area contributed by atoms with Crippen molar-refractivity contribution < 1.29 is 12.8 Å². The zero-order valence-corrected chi connectivity index (χ0v) is 11.2. The van der Waals surface area contributed by atoms with E-state index in [1.807, 2.05) is 0 Å². The first kappa shape index (κ1) is 13.9. The fourth-order valence-electron chi connectivity index (χ4n) is 1.40. The van der Waals surface area contributed by atoms with Crippen molar-refractivity contribution in [2.24, 2.45) is 0 Å². The summed E-state index contributed by atoms with van der Waals surface area (Å²) in [4.78, 5) is 3.91. The molecule has 1 aromatic carbocycles. The number of halogens is 2. The SMILES string of the molecule is O=S(=O)(NCc1ccccn1)c1ccc(F)c(Cl)c1. The number of nitrogens with zero attached hydrogens (tertiary/aromatic N) is 1. The monoisotopic (exact) mass is 300 g/mol. The third-order valence-electron chi connectivity index (χ3n) is 2.37. The lowest BCUT2D eigenvalue weighted by Gasteiger charge is -2.07. The van der Waals surface area contributed by atoms with E-state index in [1.165, 1.54) is 0 Å². The lowest BCUT2D eigenvalue weighted by atomic mass is 10.3. The molecule has 7 heteroatoms. The van der Waals surface area contributed by atoms with Gasteiger partial charge in [-0.15, -0.1) is 0 Å². The minimum Gasteiger partial charge on any atom is -0.260 e. The Kier molecular flexibility index (Phi) is 4.14. The second-order valence-electron chi connectivity index (χ2n) is 3.72. The Balaban J connectivity index is 2.16. The molecule has 0 bridgehead atoms. The van der Waals surface area contributed by atoms with E-state index in [4.69, 9.17) is 11.6 Å². The van der Waals surface area contributed by atoms with Gasteiger partial charge in [-0.05, 0) is 30.3 Å². The normalized spacial score (nSPS) is 11.5. The number of aromatic nitrogens is 1. The quantitative estimate of drug-likeness (QED) is 0.943. The molecule has 2 rings (SSSR count). The van der Waals surface area contributed by atoms with Gasteiger partial charge in [0.25, 0.3) is 0 Å². The van der Waals surface area contributed by atoms with Gasteiger partial charge in [-0.25, -0.2) is 17.5 Å². The first-order valence-electron chi connectivity index (χ1n) is 5.34. The average molecular weight is 301 g/mol. The number of hydrogen-bond acceptors (Lipinski definition) is 3. The molecule has 0 fully saturated rings. The second kappa shape index (κ2) is 5.64. The summed E-state index contributed by atoms with van der Waals surface area (Å²) in [5, 5.41) is -0.235. The van der Waals surface area contributed by atoms with E-state index in [0.717, 1.165) is 18.2 Å². The van der Waals surface area contributed by atoms with Crippen molar-refractivity contribution in [3.05, 3.63) is 59.1 Å². The highest BCUT2D eigenvalue weighted by atomic mass is 35.5. The fraction of sp³-hybridized carbons (Fsp3) is 0.0833. The molecule has 0 atom stereocenters. The van der Waals surface area contributed by atoms with Crippen LogP contribution in [0.5, 0.6) is 0 Å². The minimum atomic E-state index is -3.74. The van der Waals surface area contributed by atoms with Gasteiger partial charge in [-0.3, -0.25) is 4.98 Å². The second-order valence-corrected chi connectivity index (χ2v) is 5.90. The highest BCUT2D eigenvalue weighted by Gasteiger charge is 2.15. The van der Waals surface area contributed by atoms with E-state index in [1.54, 1.807) is 24.4 Å². The summed E-state index contributed by atoms with van der Waals surface area (Å²) in [6, 6.07) is 8.42. The van der Waals surface area contributed by atoms with Crippen LogP contribution in [0.2, 0.25) is 5.02 Å². The van der Waals surface area contributed by atoms with Crippen LogP contribution in [-0.2, 0) is 16.6 Å². The molecule has 0 aliphatic rings. The average Bonchev–Trinajstić information content (AvgIpc) is 2.41. The molecule has 0 amide bonds. The van der Waals surface area contributed by atoms with Crippen LogP contribution in [0.25, 0.3) is 0 Å². The van der Waals surface area contributed by atoms with Crippen molar-refractivity contribution in [1.82, 2.24) is 9.71 Å². The summed E-state index contributed by atoms with van der Waals surface area (Å²) >= 11 is 5.56. The Morgan fingerprint density at radius 3 is 2.68 bits per heavy atom. The molecule has 0 saturated heterocycles. The molecule has 19 heavy (non-hydrogen) atoms. The van der Waals surface area contributed by atoms with Crippen LogP contribution in [0.1, 0.15) is 5.69 Å². The predicted octanol–water partition coefficient (Wildman–Crippen LogP) is 2.35. The van der Waals surface area contributed by atoms with Gasteiger partial charge < -0.3 is 0 Å². The highest BCUT2D eigenvalue weighted by Crippen LogP contribution is 2.19. The third kappa shape index (κ3) is 3.50. The lowest BCUT2D eigenvalue weighted by molar-refractivity contribution is 0.579. The van der Waals surface area contributed by atoms with Gasteiger partial charge in [-0.1, -0.05) is 17.7 Å². The smallest absolute Gasteiger partial charge is 0.240 e. The summed E-state index contributed by atoms with van der Waals surface area (Å²) in [6.07, 6.45) is 1.57. The van der Waals surface area contributed by atoms with Crippen LogP contribution in [0, 0.1) is 5.82 Å². The summed E-state index contributed by atoms with van der Waals surface area (Å²) in [6.45, 7) is 0.0537. The highest BCUT2D eigenvalue weighted by molar-refractivity contribution is 7.89. The maximum atomic E-state index is 13.0. The number of pyridine rings is 1. The Morgan fingerprint density at radius 2 is 2.05 bits per heavy atom. The fourth-order valence-corrected chi connectivity index (χ4v) is 2.67. The van der Waals surface area contributed by atoms with Gasteiger partial charge in [0, 0.05) is 6.20 Å². The molecule has 1 aromatic heterocycles. The first-order chi connectivity index (χ1) is 8.99. The molecule has 0 spiro atoms. The number of sulfonamides is 1. The molecule has 2 aromatic rings. The topological polar surface area (TPSA) is 59.1 Å². The zero-order valence-electron chi connectivity index (χ0n) is 9.68. The summed E-state index contributed by atoms with van der Waals surface area (Å²) in [7, 11) is -3.74. The summed E-state index contributed by atoms with van der Waals surface area (Å²) < 4.78 is 39.2. The summed E-state index contributed by atoms with van der Waals surface area (Å²) in [5.41, 5.74) is 0.583. The lowest BCUT2D eigenvalue weighted by Crippen LogP contribution is -2.23. The Labute approximate surface area is 115 Å². The zero-order chi connectivity index (χ0) is 13.9. The van der Waals surface area contributed by atoms with E-state index < -0.39 is 15.8 Å². The van der Waals surface area contributed by atoms with E-state index in [9.17, 15) is 12.8 Å². The molecular weight excluding hydrogens is 291 g/mol. The van der Waals surface area contributed by atoms with Gasteiger partial charge in [0.2, 0.25) is 10.0 Å². The number of benzene rings is 1. The van der Waals surface area contributed by atoms with E-state index in [0.29, 0.717) is 5.69 Å². The molecule has 0 radical (unpaired) electrons. The van der Waals surface area contributed by atoms with E-state index in [-0.39, 0.29) is 16.5 Å². The Bertz CT molecular complexity index is 677. The molecule has 4 nitrogen and oxygen atoms in total. The maximum absolute atomic E-state index is 13.0. The van der Waals surface area contributed by atoms with Crippen molar-refractivity contribution in [2.45, 2.75) is 11.4 Å². The molecule has 1 heterocycles. The molecule has 100 valence electrons. The van der Waals surface area contributed by atoms with Crippen LogP contribution in [-0.4, -0.2) is 13.4 Å². The van der Waals surface area contributed by atoms with Crippen molar-refractivity contribution in [2.75, 3.05) is 0 Å². The Hall–Kier alpha value is -1.50. The van der Waals surface area contributed by atoms with Crippen LogP contribution >= 0.6 is 11.6 Å². The number of nitrogens with one attached hydrogen (secondary N) is 1. The van der Waals surface area contributed by atoms with Crippen LogP contribution in [0.4, 0.5) is 4.39 Å². The van der Waals surface area contributed by atoms with Crippen LogP contribution < -0.4 is 4.72 Å². The third-order valence-corrected chi connectivity index (χ3v) is 4.06.